The molecule has 70 valence electrons. The summed E-state index contributed by atoms with van der Waals surface area (Å²) in [6.07, 6.45) is 0.790. The van der Waals surface area contributed by atoms with Gasteiger partial charge in [0.05, 0.1) is 0 Å². The highest BCUT2D eigenvalue weighted by atomic mass is 16.4. The van der Waals surface area contributed by atoms with Gasteiger partial charge in [0, 0.05) is 19.2 Å². The Kier molecular flexibility index (Phi) is 3.31. The molecule has 3 heteroatoms. The first kappa shape index (κ1) is 9.58. The minimum absolute atomic E-state index is 0.193. The number of rotatable bonds is 4. The van der Waals surface area contributed by atoms with E-state index in [0.717, 1.165) is 11.3 Å². The van der Waals surface area contributed by atoms with Gasteiger partial charge in [-0.05, 0) is 24.1 Å². The fourth-order valence-electron chi connectivity index (χ4n) is 1.09. The lowest BCUT2D eigenvalue weighted by molar-refractivity contribution is -0.136. The summed E-state index contributed by atoms with van der Waals surface area (Å²) in [5, 5.41) is 11.5. The first-order chi connectivity index (χ1) is 6.22. The van der Waals surface area contributed by atoms with Gasteiger partial charge < -0.3 is 10.4 Å². The number of nitrogens with one attached hydrogen (secondary N) is 1. The molecule has 0 amide bonds. The summed E-state index contributed by atoms with van der Waals surface area (Å²) in [4.78, 5) is 10.3. The highest BCUT2D eigenvalue weighted by Crippen LogP contribution is 2.09. The van der Waals surface area contributed by atoms with Crippen molar-refractivity contribution in [1.29, 1.82) is 0 Å². The van der Waals surface area contributed by atoms with Crippen molar-refractivity contribution in [2.75, 3.05) is 12.4 Å². The summed E-state index contributed by atoms with van der Waals surface area (Å²) >= 11 is 0. The lowest BCUT2D eigenvalue weighted by Crippen LogP contribution is -1.97. The van der Waals surface area contributed by atoms with Crippen LogP contribution >= 0.6 is 0 Å². The number of hydrogen-bond donors (Lipinski definition) is 2. The van der Waals surface area contributed by atoms with Crippen LogP contribution in [0.2, 0.25) is 0 Å². The van der Waals surface area contributed by atoms with Crippen LogP contribution in [-0.2, 0) is 11.2 Å². The van der Waals surface area contributed by atoms with E-state index >= 15 is 0 Å². The Morgan fingerprint density at radius 1 is 1.38 bits per heavy atom. The van der Waals surface area contributed by atoms with Gasteiger partial charge in [0.2, 0.25) is 0 Å². The molecule has 0 spiro atoms. The zero-order valence-electron chi connectivity index (χ0n) is 7.58. The molecule has 0 aliphatic carbocycles. The molecule has 0 unspecified atom stereocenters. The summed E-state index contributed by atoms with van der Waals surface area (Å²) in [7, 11) is 1.85. The molecular weight excluding hydrogens is 166 g/mol. The van der Waals surface area contributed by atoms with Crippen molar-refractivity contribution in [2.24, 2.45) is 0 Å². The van der Waals surface area contributed by atoms with Crippen molar-refractivity contribution in [3.05, 3.63) is 29.8 Å². The van der Waals surface area contributed by atoms with Crippen molar-refractivity contribution in [3.8, 4) is 0 Å². The van der Waals surface area contributed by atoms with Crippen molar-refractivity contribution < 1.29 is 9.90 Å². The third kappa shape index (κ3) is 3.15. The molecule has 0 saturated carbocycles. The van der Waals surface area contributed by atoms with E-state index < -0.39 is 5.97 Å². The fourth-order valence-corrected chi connectivity index (χ4v) is 1.09. The molecular formula is C10H13NO2. The molecule has 0 fully saturated rings. The second-order valence-electron chi connectivity index (χ2n) is 2.84. The first-order valence-electron chi connectivity index (χ1n) is 4.21. The Labute approximate surface area is 77.4 Å². The Morgan fingerprint density at radius 3 is 2.46 bits per heavy atom. The predicted octanol–water partition coefficient (Wildman–Crippen LogP) is 1.75. The number of anilines is 1. The van der Waals surface area contributed by atoms with Crippen LogP contribution in [0.5, 0.6) is 0 Å². The predicted molar refractivity (Wildman–Crippen MR) is 51.9 cm³/mol. The molecule has 3 nitrogen and oxygen atoms in total. The summed E-state index contributed by atoms with van der Waals surface area (Å²) < 4.78 is 0. The number of carbonyl (C=O) groups is 1. The van der Waals surface area contributed by atoms with Gasteiger partial charge in [0.25, 0.3) is 0 Å². The summed E-state index contributed by atoms with van der Waals surface area (Å²) in [6, 6.07) is 7.76. The maximum atomic E-state index is 10.3. The number of aryl methyl sites for hydroxylation is 1. The van der Waals surface area contributed by atoms with Crippen LogP contribution in [0.15, 0.2) is 24.3 Å². The number of hydrogen-bond acceptors (Lipinski definition) is 2. The van der Waals surface area contributed by atoms with Crippen LogP contribution in [-0.4, -0.2) is 18.1 Å². The Balaban J connectivity index is 2.54. The highest BCUT2D eigenvalue weighted by molar-refractivity contribution is 5.67. The lowest BCUT2D eigenvalue weighted by Gasteiger charge is -2.01. The maximum Gasteiger partial charge on any atom is 0.303 e. The molecule has 0 aliphatic rings. The van der Waals surface area contributed by atoms with E-state index in [1.54, 1.807) is 0 Å². The van der Waals surface area contributed by atoms with Crippen LogP contribution in [0.25, 0.3) is 0 Å². The van der Waals surface area contributed by atoms with Crippen LogP contribution < -0.4 is 5.32 Å². The molecule has 0 aromatic heterocycles. The fraction of sp³-hybridized carbons (Fsp3) is 0.300. The normalized spacial score (nSPS) is 9.62. The number of carboxylic acid groups (broad SMARTS) is 1. The summed E-state index contributed by atoms with van der Waals surface area (Å²) in [6.45, 7) is 0. The van der Waals surface area contributed by atoms with E-state index in [9.17, 15) is 4.79 Å². The number of aliphatic carboxylic acids is 1. The van der Waals surface area contributed by atoms with Crippen molar-refractivity contribution in [3.63, 3.8) is 0 Å². The van der Waals surface area contributed by atoms with Crippen molar-refractivity contribution in [1.82, 2.24) is 0 Å². The molecule has 0 bridgehead atoms. The van der Waals surface area contributed by atoms with E-state index in [0.29, 0.717) is 6.42 Å². The van der Waals surface area contributed by atoms with Gasteiger partial charge >= 0.3 is 5.97 Å². The zero-order valence-corrected chi connectivity index (χ0v) is 7.58. The zero-order chi connectivity index (χ0) is 9.68. The van der Waals surface area contributed by atoms with Gasteiger partial charge in [0.15, 0.2) is 0 Å². The van der Waals surface area contributed by atoms with Crippen LogP contribution in [0.4, 0.5) is 5.69 Å². The SMILES string of the molecule is CNc1ccc(CCC(=O)O)cc1. The van der Waals surface area contributed by atoms with E-state index in [-0.39, 0.29) is 6.42 Å². The number of benzene rings is 1. The smallest absolute Gasteiger partial charge is 0.303 e. The third-order valence-electron chi connectivity index (χ3n) is 1.87. The van der Waals surface area contributed by atoms with Gasteiger partial charge in [-0.1, -0.05) is 12.1 Å². The van der Waals surface area contributed by atoms with Gasteiger partial charge in [-0.15, -0.1) is 0 Å². The average Bonchev–Trinajstić information content (AvgIpc) is 2.15. The van der Waals surface area contributed by atoms with E-state index in [1.807, 2.05) is 31.3 Å². The summed E-state index contributed by atoms with van der Waals surface area (Å²) in [5.41, 5.74) is 2.10. The topological polar surface area (TPSA) is 49.3 Å². The van der Waals surface area contributed by atoms with Gasteiger partial charge in [-0.2, -0.15) is 0 Å². The van der Waals surface area contributed by atoms with Gasteiger partial charge in [0.1, 0.15) is 0 Å². The van der Waals surface area contributed by atoms with Crippen LogP contribution in [0.1, 0.15) is 12.0 Å². The molecule has 0 aliphatic heterocycles. The monoisotopic (exact) mass is 179 g/mol. The van der Waals surface area contributed by atoms with E-state index in [2.05, 4.69) is 5.32 Å². The molecule has 13 heavy (non-hydrogen) atoms. The molecule has 1 aromatic carbocycles. The highest BCUT2D eigenvalue weighted by Gasteiger charge is 1.98. The third-order valence-corrected chi connectivity index (χ3v) is 1.87. The second-order valence-corrected chi connectivity index (χ2v) is 2.84. The maximum absolute atomic E-state index is 10.3. The standard InChI is InChI=1S/C10H13NO2/c1-11-9-5-2-8(3-6-9)4-7-10(12)13/h2-3,5-6,11H,4,7H2,1H3,(H,12,13). The molecule has 0 radical (unpaired) electrons. The Hall–Kier alpha value is -1.51. The molecule has 1 rings (SSSR count). The molecule has 2 N–H and O–H groups in total. The second kappa shape index (κ2) is 4.50. The Bertz CT molecular complexity index is 279. The molecule has 0 saturated heterocycles. The average molecular weight is 179 g/mol. The van der Waals surface area contributed by atoms with Crippen LogP contribution in [0.3, 0.4) is 0 Å². The molecule has 1 aromatic rings. The first-order valence-corrected chi connectivity index (χ1v) is 4.21. The van der Waals surface area contributed by atoms with Crippen LogP contribution in [0, 0.1) is 0 Å². The van der Waals surface area contributed by atoms with E-state index in [4.69, 9.17) is 5.11 Å². The largest absolute Gasteiger partial charge is 0.481 e. The lowest BCUT2D eigenvalue weighted by atomic mass is 10.1. The van der Waals surface area contributed by atoms with Gasteiger partial charge in [-0.3, -0.25) is 4.79 Å². The van der Waals surface area contributed by atoms with Crippen molar-refractivity contribution >= 4 is 11.7 Å². The molecule has 0 atom stereocenters. The Morgan fingerprint density at radius 2 is 2.00 bits per heavy atom. The van der Waals surface area contributed by atoms with Gasteiger partial charge in [-0.25, -0.2) is 0 Å². The minimum Gasteiger partial charge on any atom is -0.481 e. The number of carboxylic acids is 1. The quantitative estimate of drug-likeness (QED) is 0.740. The molecule has 0 heterocycles. The van der Waals surface area contributed by atoms with Crippen molar-refractivity contribution in [2.45, 2.75) is 12.8 Å². The minimum atomic E-state index is -0.752. The summed E-state index contributed by atoms with van der Waals surface area (Å²) in [5.74, 6) is -0.752. The van der Waals surface area contributed by atoms with E-state index in [1.165, 1.54) is 0 Å².